The standard InChI is InChI=1S/C20H19N3O3/c1-21-18(8-5-13-25-2)26-15-11-9-14(10-12-15)19(24)20-22-16-6-3-4-7-17(16)23-20/h3-4,6-12H,1,5,13H2,2H3,(H,22,23)/b18-8-. The molecule has 0 aliphatic rings. The Labute approximate surface area is 151 Å². The fourth-order valence-electron chi connectivity index (χ4n) is 2.43. The Morgan fingerprint density at radius 2 is 2.00 bits per heavy atom. The van der Waals surface area contributed by atoms with Crippen LogP contribution in [0.5, 0.6) is 5.75 Å². The number of imidazole rings is 1. The quantitative estimate of drug-likeness (QED) is 0.291. The average Bonchev–Trinajstić information content (AvgIpc) is 3.11. The number of H-pyrrole nitrogens is 1. The molecule has 0 spiro atoms. The zero-order chi connectivity index (χ0) is 18.4. The van der Waals surface area contributed by atoms with Gasteiger partial charge in [0.05, 0.1) is 11.0 Å². The molecule has 0 atom stereocenters. The Morgan fingerprint density at radius 1 is 1.23 bits per heavy atom. The third kappa shape index (κ3) is 4.04. The van der Waals surface area contributed by atoms with E-state index in [2.05, 4.69) is 21.7 Å². The highest BCUT2D eigenvalue weighted by molar-refractivity contribution is 6.08. The van der Waals surface area contributed by atoms with Gasteiger partial charge in [-0.3, -0.25) is 4.79 Å². The number of aromatic amines is 1. The number of rotatable bonds is 8. The molecule has 0 radical (unpaired) electrons. The summed E-state index contributed by atoms with van der Waals surface area (Å²) >= 11 is 0. The van der Waals surface area contributed by atoms with Crippen molar-refractivity contribution in [3.63, 3.8) is 0 Å². The second kappa shape index (κ2) is 8.22. The predicted molar refractivity (Wildman–Crippen MR) is 101 cm³/mol. The van der Waals surface area contributed by atoms with Gasteiger partial charge in [0.2, 0.25) is 11.7 Å². The van der Waals surface area contributed by atoms with Gasteiger partial charge in [0, 0.05) is 19.3 Å². The minimum absolute atomic E-state index is 0.176. The van der Waals surface area contributed by atoms with Crippen LogP contribution >= 0.6 is 0 Å². The van der Waals surface area contributed by atoms with E-state index < -0.39 is 0 Å². The Hall–Kier alpha value is -3.25. The van der Waals surface area contributed by atoms with Crippen molar-refractivity contribution in [1.82, 2.24) is 9.97 Å². The van der Waals surface area contributed by atoms with Crippen LogP contribution < -0.4 is 4.74 Å². The molecule has 132 valence electrons. The fraction of sp³-hybridized carbons (Fsp3) is 0.150. The van der Waals surface area contributed by atoms with E-state index in [-0.39, 0.29) is 5.78 Å². The summed E-state index contributed by atoms with van der Waals surface area (Å²) in [5, 5.41) is 0. The molecule has 3 rings (SSSR count). The molecule has 0 unspecified atom stereocenters. The molecular formula is C20H19N3O3. The molecule has 0 bridgehead atoms. The molecule has 1 aromatic heterocycles. The lowest BCUT2D eigenvalue weighted by Crippen LogP contribution is -2.03. The Bertz CT molecular complexity index is 909. The summed E-state index contributed by atoms with van der Waals surface area (Å²) in [5.74, 6) is 1.11. The van der Waals surface area contributed by atoms with E-state index in [1.165, 1.54) is 0 Å². The number of fused-ring (bicyclic) bond motifs is 1. The third-order valence-corrected chi connectivity index (χ3v) is 3.74. The highest BCUT2D eigenvalue weighted by Gasteiger charge is 2.14. The van der Waals surface area contributed by atoms with Crippen molar-refractivity contribution >= 4 is 23.5 Å². The minimum Gasteiger partial charge on any atom is -0.439 e. The van der Waals surface area contributed by atoms with Crippen molar-refractivity contribution in [2.45, 2.75) is 6.42 Å². The number of carbonyl (C=O) groups excluding carboxylic acids is 1. The van der Waals surface area contributed by atoms with Gasteiger partial charge in [-0.2, -0.15) is 0 Å². The molecular weight excluding hydrogens is 330 g/mol. The Kier molecular flexibility index (Phi) is 5.56. The van der Waals surface area contributed by atoms with Gasteiger partial charge in [0.15, 0.2) is 5.82 Å². The lowest BCUT2D eigenvalue weighted by Gasteiger charge is -2.06. The number of methoxy groups -OCH3 is 1. The summed E-state index contributed by atoms with van der Waals surface area (Å²) < 4.78 is 10.6. The summed E-state index contributed by atoms with van der Waals surface area (Å²) in [6.07, 6.45) is 2.47. The van der Waals surface area contributed by atoms with Crippen molar-refractivity contribution in [3.8, 4) is 5.75 Å². The number of ketones is 1. The Balaban J connectivity index is 1.73. The van der Waals surface area contributed by atoms with Gasteiger partial charge in [0.1, 0.15) is 5.75 Å². The number of hydrogen-bond acceptors (Lipinski definition) is 5. The van der Waals surface area contributed by atoms with Crippen molar-refractivity contribution < 1.29 is 14.3 Å². The first-order valence-electron chi connectivity index (χ1n) is 8.14. The largest absolute Gasteiger partial charge is 0.439 e. The number of ether oxygens (including phenoxy) is 2. The van der Waals surface area contributed by atoms with Crippen LogP contribution in [-0.4, -0.2) is 36.2 Å². The van der Waals surface area contributed by atoms with Gasteiger partial charge >= 0.3 is 0 Å². The second-order valence-electron chi connectivity index (χ2n) is 5.54. The smallest absolute Gasteiger partial charge is 0.228 e. The van der Waals surface area contributed by atoms with Crippen molar-refractivity contribution in [3.05, 3.63) is 71.9 Å². The van der Waals surface area contributed by atoms with E-state index in [1.54, 1.807) is 37.5 Å². The summed E-state index contributed by atoms with van der Waals surface area (Å²) in [6.45, 7) is 4.07. The molecule has 1 heterocycles. The zero-order valence-corrected chi connectivity index (χ0v) is 14.4. The van der Waals surface area contributed by atoms with Crippen LogP contribution in [0.25, 0.3) is 11.0 Å². The molecule has 0 fully saturated rings. The normalized spacial score (nSPS) is 11.5. The molecule has 6 heteroatoms. The van der Waals surface area contributed by atoms with Crippen LogP contribution in [0.3, 0.4) is 0 Å². The number of hydrogen-bond donors (Lipinski definition) is 1. The lowest BCUT2D eigenvalue weighted by molar-refractivity contribution is 0.103. The third-order valence-electron chi connectivity index (χ3n) is 3.74. The van der Waals surface area contributed by atoms with Gasteiger partial charge in [-0.15, -0.1) is 0 Å². The molecule has 0 saturated heterocycles. The van der Waals surface area contributed by atoms with Crippen LogP contribution in [0, 0.1) is 0 Å². The summed E-state index contributed by atoms with van der Waals surface area (Å²) in [5.41, 5.74) is 2.12. The maximum Gasteiger partial charge on any atom is 0.228 e. The van der Waals surface area contributed by atoms with Gasteiger partial charge in [-0.25, -0.2) is 9.98 Å². The van der Waals surface area contributed by atoms with E-state index in [0.29, 0.717) is 36.0 Å². The van der Waals surface area contributed by atoms with Crippen molar-refractivity contribution in [2.24, 2.45) is 4.99 Å². The molecule has 6 nitrogen and oxygen atoms in total. The number of nitrogens with zero attached hydrogens (tertiary/aromatic N) is 2. The summed E-state index contributed by atoms with van der Waals surface area (Å²) in [4.78, 5) is 23.8. The predicted octanol–water partition coefficient (Wildman–Crippen LogP) is 3.75. The highest BCUT2D eigenvalue weighted by atomic mass is 16.5. The maximum atomic E-state index is 12.6. The fourth-order valence-corrected chi connectivity index (χ4v) is 2.43. The topological polar surface area (TPSA) is 76.6 Å². The van der Waals surface area contributed by atoms with Gasteiger partial charge in [-0.05, 0) is 55.6 Å². The first kappa shape index (κ1) is 17.6. The molecule has 2 aromatic carbocycles. The summed E-state index contributed by atoms with van der Waals surface area (Å²) in [7, 11) is 1.63. The number of carbonyl (C=O) groups is 1. The number of nitrogens with one attached hydrogen (secondary N) is 1. The van der Waals surface area contributed by atoms with E-state index in [1.807, 2.05) is 24.3 Å². The molecule has 26 heavy (non-hydrogen) atoms. The molecule has 0 aliphatic heterocycles. The number of benzene rings is 2. The maximum absolute atomic E-state index is 12.6. The van der Waals surface area contributed by atoms with E-state index in [4.69, 9.17) is 9.47 Å². The molecule has 0 saturated carbocycles. The van der Waals surface area contributed by atoms with E-state index in [9.17, 15) is 4.79 Å². The number of para-hydroxylation sites is 2. The second-order valence-corrected chi connectivity index (χ2v) is 5.54. The van der Waals surface area contributed by atoms with E-state index in [0.717, 1.165) is 11.0 Å². The van der Waals surface area contributed by atoms with Crippen LogP contribution in [-0.2, 0) is 4.74 Å². The van der Waals surface area contributed by atoms with Crippen LogP contribution in [0.2, 0.25) is 0 Å². The molecule has 3 aromatic rings. The molecule has 0 amide bonds. The van der Waals surface area contributed by atoms with Crippen molar-refractivity contribution in [1.29, 1.82) is 0 Å². The van der Waals surface area contributed by atoms with Gasteiger partial charge in [-0.1, -0.05) is 12.1 Å². The van der Waals surface area contributed by atoms with Crippen LogP contribution in [0.4, 0.5) is 0 Å². The monoisotopic (exact) mass is 349 g/mol. The summed E-state index contributed by atoms with van der Waals surface area (Å²) in [6, 6.07) is 14.3. The zero-order valence-electron chi connectivity index (χ0n) is 14.4. The highest BCUT2D eigenvalue weighted by Crippen LogP contribution is 2.19. The Morgan fingerprint density at radius 3 is 2.69 bits per heavy atom. The lowest BCUT2D eigenvalue weighted by atomic mass is 10.1. The van der Waals surface area contributed by atoms with Gasteiger partial charge < -0.3 is 14.5 Å². The van der Waals surface area contributed by atoms with Crippen LogP contribution in [0.1, 0.15) is 22.6 Å². The van der Waals surface area contributed by atoms with Crippen LogP contribution in [0.15, 0.2) is 65.5 Å². The molecule has 0 aliphatic carbocycles. The number of aromatic nitrogens is 2. The van der Waals surface area contributed by atoms with Gasteiger partial charge in [0.25, 0.3) is 0 Å². The first-order chi connectivity index (χ1) is 12.7. The minimum atomic E-state index is -0.176. The first-order valence-corrected chi connectivity index (χ1v) is 8.14. The average molecular weight is 349 g/mol. The van der Waals surface area contributed by atoms with E-state index >= 15 is 0 Å². The molecule has 1 N–H and O–H groups in total. The number of aliphatic imine (C=N–C) groups is 1. The van der Waals surface area contributed by atoms with Crippen molar-refractivity contribution in [2.75, 3.05) is 13.7 Å². The SMILES string of the molecule is C=N/C(=C/CCOC)Oc1ccc(C(=O)c2nc3ccccc3[nH]2)cc1.